The Bertz CT molecular complexity index is 945. The molecule has 0 aromatic heterocycles. The second-order valence-corrected chi connectivity index (χ2v) is 8.35. The van der Waals surface area contributed by atoms with Gasteiger partial charge in [-0.2, -0.15) is 0 Å². The molecule has 0 aliphatic carbocycles. The summed E-state index contributed by atoms with van der Waals surface area (Å²) in [5.74, 6) is -0.103. The highest BCUT2D eigenvalue weighted by molar-refractivity contribution is 5.89. The van der Waals surface area contributed by atoms with Crippen LogP contribution in [0.5, 0.6) is 11.5 Å². The second kappa shape index (κ2) is 11.9. The van der Waals surface area contributed by atoms with Gasteiger partial charge in [0.25, 0.3) is 5.91 Å². The third-order valence-corrected chi connectivity index (χ3v) is 6.16. The molecule has 0 spiro atoms. The van der Waals surface area contributed by atoms with Crippen LogP contribution in [0.3, 0.4) is 0 Å². The third-order valence-electron chi connectivity index (χ3n) is 6.16. The summed E-state index contributed by atoms with van der Waals surface area (Å²) in [5, 5.41) is 12.5. The fourth-order valence-corrected chi connectivity index (χ4v) is 4.36. The number of carbonyl (C=O) groups excluding carboxylic acids is 1. The molecule has 1 saturated heterocycles. The predicted molar refractivity (Wildman–Crippen MR) is 127 cm³/mol. The van der Waals surface area contributed by atoms with Crippen LogP contribution >= 0.6 is 0 Å². The highest BCUT2D eigenvalue weighted by Gasteiger charge is 2.43. The minimum Gasteiger partial charge on any atom is -0.496 e. The van der Waals surface area contributed by atoms with Gasteiger partial charge >= 0.3 is 5.97 Å². The molecular formula is C26H33NO7. The molecule has 2 aromatic carbocycles. The van der Waals surface area contributed by atoms with E-state index in [0.29, 0.717) is 44.0 Å². The summed E-state index contributed by atoms with van der Waals surface area (Å²) in [5.41, 5.74) is 1.49. The van der Waals surface area contributed by atoms with E-state index in [9.17, 15) is 14.7 Å². The first-order valence-electron chi connectivity index (χ1n) is 11.4. The maximum absolute atomic E-state index is 13.1. The van der Waals surface area contributed by atoms with Crippen molar-refractivity contribution in [3.8, 4) is 22.6 Å². The molecule has 2 aromatic rings. The lowest BCUT2D eigenvalue weighted by Crippen LogP contribution is -2.53. The minimum atomic E-state index is -1.09. The molecule has 8 heteroatoms. The fourth-order valence-electron chi connectivity index (χ4n) is 4.36. The van der Waals surface area contributed by atoms with Gasteiger partial charge in [0.15, 0.2) is 0 Å². The van der Waals surface area contributed by atoms with Crippen molar-refractivity contribution < 1.29 is 33.6 Å². The molecule has 2 N–H and O–H groups in total. The zero-order valence-electron chi connectivity index (χ0n) is 20.0. The van der Waals surface area contributed by atoms with Gasteiger partial charge in [0.2, 0.25) is 0 Å². The summed E-state index contributed by atoms with van der Waals surface area (Å²) >= 11 is 0. The van der Waals surface area contributed by atoms with Crippen LogP contribution in [0.4, 0.5) is 0 Å². The minimum absolute atomic E-state index is 0.151. The van der Waals surface area contributed by atoms with Crippen LogP contribution in [0.1, 0.15) is 31.2 Å². The number of carboxylic acid groups (broad SMARTS) is 1. The van der Waals surface area contributed by atoms with Gasteiger partial charge in [-0.1, -0.05) is 30.3 Å². The number of ether oxygens (including phenoxy) is 4. The van der Waals surface area contributed by atoms with E-state index in [2.05, 4.69) is 5.32 Å². The van der Waals surface area contributed by atoms with Crippen LogP contribution < -0.4 is 14.8 Å². The highest BCUT2D eigenvalue weighted by atomic mass is 16.5. The van der Waals surface area contributed by atoms with Crippen molar-refractivity contribution in [2.45, 2.75) is 43.7 Å². The quantitative estimate of drug-likeness (QED) is 0.457. The fraction of sp³-hybridized carbons (Fsp3) is 0.462. The second-order valence-electron chi connectivity index (χ2n) is 8.35. The topological polar surface area (TPSA) is 103 Å². The lowest BCUT2D eigenvalue weighted by Gasteiger charge is -2.29. The van der Waals surface area contributed by atoms with E-state index in [1.54, 1.807) is 21.3 Å². The number of benzene rings is 2. The molecule has 1 amide bonds. The Morgan fingerprint density at radius 3 is 2.29 bits per heavy atom. The zero-order chi connectivity index (χ0) is 24.6. The maximum atomic E-state index is 13.1. The number of aliphatic carboxylic acids is 1. The number of rotatable bonds is 12. The Morgan fingerprint density at radius 1 is 1.09 bits per heavy atom. The Hall–Kier alpha value is -3.10. The summed E-state index contributed by atoms with van der Waals surface area (Å²) in [4.78, 5) is 25.0. The van der Waals surface area contributed by atoms with Crippen molar-refractivity contribution >= 4 is 11.9 Å². The number of methoxy groups -OCH3 is 3. The average Bonchev–Trinajstić information content (AvgIpc) is 3.33. The number of hydrogen-bond acceptors (Lipinski definition) is 6. The Labute approximate surface area is 200 Å². The monoisotopic (exact) mass is 471 g/mol. The number of hydrogen-bond donors (Lipinski definition) is 2. The third kappa shape index (κ3) is 5.87. The maximum Gasteiger partial charge on any atom is 0.326 e. The van der Waals surface area contributed by atoms with Crippen LogP contribution in [0.2, 0.25) is 0 Å². The summed E-state index contributed by atoms with van der Waals surface area (Å²) in [7, 11) is 4.81. The SMILES string of the molecule is COCCC[C@@]1(C(=O)N[C@@H](Cc2ccc(-c3c(OC)cccc3OC)cc2)C(=O)O)CCCO1. The first-order valence-corrected chi connectivity index (χ1v) is 11.4. The largest absolute Gasteiger partial charge is 0.496 e. The summed E-state index contributed by atoms with van der Waals surface area (Å²) in [6, 6.07) is 12.0. The number of nitrogens with one attached hydrogen (secondary N) is 1. The lowest BCUT2D eigenvalue weighted by atomic mass is 9.92. The molecular weight excluding hydrogens is 438 g/mol. The van der Waals surface area contributed by atoms with Gasteiger partial charge in [-0.05, 0) is 48.9 Å². The Balaban J connectivity index is 1.74. The molecule has 3 rings (SSSR count). The Morgan fingerprint density at radius 2 is 1.76 bits per heavy atom. The number of carboxylic acids is 1. The van der Waals surface area contributed by atoms with Crippen molar-refractivity contribution in [2.75, 3.05) is 34.5 Å². The molecule has 0 saturated carbocycles. The first kappa shape index (κ1) is 25.5. The van der Waals surface area contributed by atoms with Crippen molar-refractivity contribution in [1.82, 2.24) is 5.32 Å². The summed E-state index contributed by atoms with van der Waals surface area (Å²) in [6.07, 6.45) is 2.65. The molecule has 0 unspecified atom stereocenters. The van der Waals surface area contributed by atoms with Crippen LogP contribution in [0, 0.1) is 0 Å². The molecule has 34 heavy (non-hydrogen) atoms. The van der Waals surface area contributed by atoms with E-state index >= 15 is 0 Å². The van der Waals surface area contributed by atoms with Gasteiger partial charge < -0.3 is 29.4 Å². The van der Waals surface area contributed by atoms with Crippen LogP contribution in [-0.2, 0) is 25.5 Å². The van der Waals surface area contributed by atoms with E-state index in [4.69, 9.17) is 18.9 Å². The molecule has 0 radical (unpaired) electrons. The van der Waals surface area contributed by atoms with E-state index in [0.717, 1.165) is 23.1 Å². The van der Waals surface area contributed by atoms with E-state index < -0.39 is 17.6 Å². The zero-order valence-corrected chi connectivity index (χ0v) is 20.0. The van der Waals surface area contributed by atoms with E-state index in [-0.39, 0.29) is 12.3 Å². The normalized spacial score (nSPS) is 18.3. The van der Waals surface area contributed by atoms with Gasteiger partial charge in [-0.15, -0.1) is 0 Å². The molecule has 2 atom stereocenters. The highest BCUT2D eigenvalue weighted by Crippen LogP contribution is 2.38. The first-order chi connectivity index (χ1) is 16.4. The average molecular weight is 472 g/mol. The molecule has 1 fully saturated rings. The number of carbonyl (C=O) groups is 2. The van der Waals surface area contributed by atoms with Gasteiger partial charge in [0.1, 0.15) is 23.1 Å². The smallest absolute Gasteiger partial charge is 0.326 e. The lowest BCUT2D eigenvalue weighted by molar-refractivity contribution is -0.149. The summed E-state index contributed by atoms with van der Waals surface area (Å²) in [6.45, 7) is 1.01. The van der Waals surface area contributed by atoms with E-state index in [1.165, 1.54) is 0 Å². The van der Waals surface area contributed by atoms with Crippen molar-refractivity contribution in [1.29, 1.82) is 0 Å². The van der Waals surface area contributed by atoms with Crippen molar-refractivity contribution in [3.63, 3.8) is 0 Å². The molecule has 1 aliphatic heterocycles. The molecule has 1 heterocycles. The van der Waals surface area contributed by atoms with Crippen LogP contribution in [0.15, 0.2) is 42.5 Å². The van der Waals surface area contributed by atoms with Crippen molar-refractivity contribution in [3.05, 3.63) is 48.0 Å². The van der Waals surface area contributed by atoms with Crippen LogP contribution in [0.25, 0.3) is 11.1 Å². The standard InChI is InChI=1S/C26H33NO7/c1-31-15-5-13-26(14-6-16-34-26)25(30)27-20(24(28)29)17-18-9-11-19(12-10-18)23-21(32-2)7-4-8-22(23)33-3/h4,7-12,20H,5-6,13-17H2,1-3H3,(H,27,30)(H,28,29)/t20-,26-/m0/s1. The summed E-state index contributed by atoms with van der Waals surface area (Å²) < 4.78 is 21.9. The predicted octanol–water partition coefficient (Wildman–Crippen LogP) is 3.46. The molecule has 1 aliphatic rings. The van der Waals surface area contributed by atoms with Gasteiger partial charge in [-0.3, -0.25) is 4.79 Å². The van der Waals surface area contributed by atoms with Crippen molar-refractivity contribution in [2.24, 2.45) is 0 Å². The molecule has 0 bridgehead atoms. The molecule has 184 valence electrons. The van der Waals surface area contributed by atoms with Gasteiger partial charge in [-0.25, -0.2) is 4.79 Å². The van der Waals surface area contributed by atoms with Gasteiger partial charge in [0.05, 0.1) is 19.8 Å². The van der Waals surface area contributed by atoms with Crippen LogP contribution in [-0.4, -0.2) is 63.2 Å². The van der Waals surface area contributed by atoms with Gasteiger partial charge in [0, 0.05) is 26.7 Å². The number of amides is 1. The van der Waals surface area contributed by atoms with E-state index in [1.807, 2.05) is 42.5 Å². The molecule has 8 nitrogen and oxygen atoms in total. The Kier molecular flexibility index (Phi) is 8.90.